The van der Waals surface area contributed by atoms with Crippen molar-refractivity contribution in [1.82, 2.24) is 0 Å². The first-order valence-electron chi connectivity index (χ1n) is 6.05. The third-order valence-corrected chi connectivity index (χ3v) is 1.45. The molecule has 0 unspecified atom stereocenters. The fourth-order valence-corrected chi connectivity index (χ4v) is 0.775. The number of carboxylic acid groups (broad SMARTS) is 1. The lowest BCUT2D eigenvalue weighted by Crippen LogP contribution is -1.92. The average molecular weight is 252 g/mol. The Bertz CT molecular complexity index is 116. The zero-order valence-electron chi connectivity index (χ0n) is 11.3. The summed E-state index contributed by atoms with van der Waals surface area (Å²) in [5, 5.41) is 22.7. The molecule has 0 heterocycles. The molecule has 0 aliphatic rings. The monoisotopic (exact) mass is 252 g/mol. The van der Waals surface area contributed by atoms with Gasteiger partial charge in [-0.1, -0.05) is 26.2 Å². The zero-order chi connectivity index (χ0) is 13.9. The van der Waals surface area contributed by atoms with E-state index < -0.39 is 5.97 Å². The van der Waals surface area contributed by atoms with Crippen LogP contribution in [0.2, 0.25) is 0 Å². The van der Waals surface area contributed by atoms with Gasteiger partial charge in [0, 0.05) is 20.1 Å². The van der Waals surface area contributed by atoms with Crippen molar-refractivity contribution in [3.63, 3.8) is 0 Å². The third kappa shape index (κ3) is 67.8. The fraction of sp³-hybridized carbons (Fsp3) is 0.917. The van der Waals surface area contributed by atoms with Crippen LogP contribution in [-0.4, -0.2) is 47.7 Å². The van der Waals surface area contributed by atoms with Crippen molar-refractivity contribution in [2.45, 2.75) is 46.5 Å². The molecule has 0 spiro atoms. The Morgan fingerprint density at radius 3 is 1.82 bits per heavy atom. The van der Waals surface area contributed by atoms with E-state index in [9.17, 15) is 0 Å². The minimum absolute atomic E-state index is 0.125. The zero-order valence-corrected chi connectivity index (χ0v) is 11.3. The van der Waals surface area contributed by atoms with Gasteiger partial charge >= 0.3 is 0 Å². The minimum atomic E-state index is -0.833. The number of aliphatic hydroxyl groups excluding tert-OH is 2. The molecule has 0 saturated heterocycles. The van der Waals surface area contributed by atoms with Gasteiger partial charge in [0.2, 0.25) is 0 Å². The molecule has 0 aromatic rings. The van der Waals surface area contributed by atoms with E-state index in [-0.39, 0.29) is 13.2 Å². The van der Waals surface area contributed by atoms with Crippen molar-refractivity contribution in [2.24, 2.45) is 0 Å². The van der Waals surface area contributed by atoms with Gasteiger partial charge in [-0.15, -0.1) is 0 Å². The van der Waals surface area contributed by atoms with Gasteiger partial charge < -0.3 is 20.1 Å². The van der Waals surface area contributed by atoms with Gasteiger partial charge in [-0.25, -0.2) is 0 Å². The number of carbonyl (C=O) groups is 1. The summed E-state index contributed by atoms with van der Waals surface area (Å²) < 4.78 is 5.18. The second-order valence-corrected chi connectivity index (χ2v) is 3.22. The predicted molar refractivity (Wildman–Crippen MR) is 68.1 cm³/mol. The quantitative estimate of drug-likeness (QED) is 0.600. The Morgan fingerprint density at radius 1 is 1.06 bits per heavy atom. The lowest BCUT2D eigenvalue weighted by molar-refractivity contribution is -0.134. The van der Waals surface area contributed by atoms with Crippen LogP contribution in [0.4, 0.5) is 0 Å². The number of rotatable bonds is 7. The van der Waals surface area contributed by atoms with E-state index in [1.54, 1.807) is 0 Å². The van der Waals surface area contributed by atoms with Crippen LogP contribution in [0.25, 0.3) is 0 Å². The first-order chi connectivity index (χ1) is 8.06. The van der Waals surface area contributed by atoms with E-state index in [1.165, 1.54) is 25.7 Å². The van der Waals surface area contributed by atoms with Crippen LogP contribution in [0.1, 0.15) is 46.5 Å². The maximum absolute atomic E-state index is 9.00. The SMILES string of the molecule is CC(=O)O.CCCCCCOCC.OCCO. The molecule has 0 aliphatic carbocycles. The van der Waals surface area contributed by atoms with Gasteiger partial charge in [0.1, 0.15) is 0 Å². The normalized spacial score (nSPS) is 8.53. The predicted octanol–water partition coefficient (Wildman–Crippen LogP) is 1.67. The molecule has 0 aromatic heterocycles. The molecular formula is C12H28O5. The molecule has 106 valence electrons. The van der Waals surface area contributed by atoms with Crippen molar-refractivity contribution in [1.29, 1.82) is 0 Å². The lowest BCUT2D eigenvalue weighted by Gasteiger charge is -1.98. The van der Waals surface area contributed by atoms with Crippen molar-refractivity contribution in [3.05, 3.63) is 0 Å². The van der Waals surface area contributed by atoms with Crippen LogP contribution in [0.15, 0.2) is 0 Å². The molecule has 3 N–H and O–H groups in total. The van der Waals surface area contributed by atoms with Crippen molar-refractivity contribution < 1.29 is 24.9 Å². The highest BCUT2D eigenvalue weighted by Gasteiger charge is 1.85. The Hall–Kier alpha value is -0.650. The van der Waals surface area contributed by atoms with Crippen molar-refractivity contribution >= 4 is 5.97 Å². The summed E-state index contributed by atoms with van der Waals surface area (Å²) in [7, 11) is 0. The van der Waals surface area contributed by atoms with Crippen LogP contribution < -0.4 is 0 Å². The first kappa shape index (κ1) is 21.6. The van der Waals surface area contributed by atoms with Gasteiger partial charge in [0.25, 0.3) is 5.97 Å². The maximum Gasteiger partial charge on any atom is 0.300 e. The third-order valence-electron chi connectivity index (χ3n) is 1.45. The van der Waals surface area contributed by atoms with Crippen LogP contribution in [-0.2, 0) is 9.53 Å². The van der Waals surface area contributed by atoms with Gasteiger partial charge in [0.15, 0.2) is 0 Å². The lowest BCUT2D eigenvalue weighted by atomic mass is 10.2. The Balaban J connectivity index is -0.000000205. The van der Waals surface area contributed by atoms with Crippen LogP contribution >= 0.6 is 0 Å². The van der Waals surface area contributed by atoms with Gasteiger partial charge in [0.05, 0.1) is 13.2 Å². The molecule has 0 rings (SSSR count). The molecule has 0 fully saturated rings. The summed E-state index contributed by atoms with van der Waals surface area (Å²) >= 11 is 0. The van der Waals surface area contributed by atoms with E-state index in [0.717, 1.165) is 20.1 Å². The summed E-state index contributed by atoms with van der Waals surface area (Å²) in [5.41, 5.74) is 0. The number of hydrogen-bond donors (Lipinski definition) is 3. The van der Waals surface area contributed by atoms with E-state index in [4.69, 9.17) is 24.9 Å². The minimum Gasteiger partial charge on any atom is -0.481 e. The Kier molecular flexibility index (Phi) is 31.2. The van der Waals surface area contributed by atoms with Gasteiger partial charge in [-0.05, 0) is 13.3 Å². The molecule has 0 amide bonds. The van der Waals surface area contributed by atoms with E-state index in [1.807, 2.05) is 6.92 Å². The van der Waals surface area contributed by atoms with E-state index in [0.29, 0.717) is 0 Å². The summed E-state index contributed by atoms with van der Waals surface area (Å²) in [6, 6.07) is 0. The van der Waals surface area contributed by atoms with Crippen molar-refractivity contribution in [3.8, 4) is 0 Å². The number of ether oxygens (including phenoxy) is 1. The molecule has 0 aliphatic heterocycles. The molecule has 5 nitrogen and oxygen atoms in total. The highest BCUT2D eigenvalue weighted by atomic mass is 16.5. The Labute approximate surface area is 104 Å². The number of carboxylic acids is 1. The van der Waals surface area contributed by atoms with Gasteiger partial charge in [-0.2, -0.15) is 0 Å². The second-order valence-electron chi connectivity index (χ2n) is 3.22. The standard InChI is InChI=1S/C8H18O.C2H4O2.C2H6O2/c1-3-5-6-7-8-9-4-2;1-2(3)4;3-1-2-4/h3-8H2,1-2H3;1H3,(H,3,4);3-4H,1-2H2. The molecular weight excluding hydrogens is 224 g/mol. The summed E-state index contributed by atoms with van der Waals surface area (Å²) in [6.07, 6.45) is 5.23. The summed E-state index contributed by atoms with van der Waals surface area (Å²) in [5.74, 6) is -0.833. The molecule has 17 heavy (non-hydrogen) atoms. The number of hydrogen-bond acceptors (Lipinski definition) is 4. The largest absolute Gasteiger partial charge is 0.481 e. The Morgan fingerprint density at radius 2 is 1.53 bits per heavy atom. The van der Waals surface area contributed by atoms with Crippen LogP contribution in [0.5, 0.6) is 0 Å². The topological polar surface area (TPSA) is 87.0 Å². The molecule has 0 saturated carbocycles. The smallest absolute Gasteiger partial charge is 0.300 e. The highest BCUT2D eigenvalue weighted by Crippen LogP contribution is 1.98. The molecule has 0 atom stereocenters. The van der Waals surface area contributed by atoms with E-state index >= 15 is 0 Å². The second kappa shape index (κ2) is 24.5. The molecule has 0 bridgehead atoms. The summed E-state index contributed by atoms with van der Waals surface area (Å²) in [6.45, 7) is 6.92. The van der Waals surface area contributed by atoms with E-state index in [2.05, 4.69) is 6.92 Å². The van der Waals surface area contributed by atoms with Gasteiger partial charge in [-0.3, -0.25) is 4.79 Å². The average Bonchev–Trinajstić information content (AvgIpc) is 2.29. The first-order valence-corrected chi connectivity index (χ1v) is 6.05. The number of aliphatic carboxylic acids is 1. The number of aliphatic hydroxyl groups is 2. The molecule has 0 aromatic carbocycles. The maximum atomic E-state index is 9.00. The molecule has 5 heteroatoms. The number of unbranched alkanes of at least 4 members (excludes halogenated alkanes) is 3. The fourth-order valence-electron chi connectivity index (χ4n) is 0.775. The highest BCUT2D eigenvalue weighted by molar-refractivity contribution is 5.62. The van der Waals surface area contributed by atoms with Crippen molar-refractivity contribution in [2.75, 3.05) is 26.4 Å². The summed E-state index contributed by atoms with van der Waals surface area (Å²) in [4.78, 5) is 9.00. The van der Waals surface area contributed by atoms with Crippen LogP contribution in [0, 0.1) is 0 Å². The molecule has 0 radical (unpaired) electrons. The van der Waals surface area contributed by atoms with Crippen LogP contribution in [0.3, 0.4) is 0 Å².